The molecule has 100 valence electrons. The SMILES string of the molecule is CCN1CCC(CNC(=O)C(C)(C)CN)CC1. The van der Waals surface area contributed by atoms with E-state index in [2.05, 4.69) is 17.1 Å². The van der Waals surface area contributed by atoms with Gasteiger partial charge < -0.3 is 16.0 Å². The summed E-state index contributed by atoms with van der Waals surface area (Å²) in [6.45, 7) is 10.6. The first-order chi connectivity index (χ1) is 7.99. The quantitative estimate of drug-likeness (QED) is 0.749. The molecule has 1 aliphatic heterocycles. The van der Waals surface area contributed by atoms with Crippen LogP contribution in [-0.2, 0) is 4.79 Å². The summed E-state index contributed by atoms with van der Waals surface area (Å²) in [5.74, 6) is 0.716. The van der Waals surface area contributed by atoms with Crippen molar-refractivity contribution in [1.29, 1.82) is 0 Å². The van der Waals surface area contributed by atoms with Crippen LogP contribution in [0.5, 0.6) is 0 Å². The molecule has 0 aromatic carbocycles. The molecule has 0 saturated carbocycles. The van der Waals surface area contributed by atoms with Crippen molar-refractivity contribution < 1.29 is 4.79 Å². The standard InChI is InChI=1S/C13H27N3O/c1-4-16-7-5-11(6-8-16)9-15-12(17)13(2,3)10-14/h11H,4-10,14H2,1-3H3,(H,15,17). The molecule has 1 fully saturated rings. The van der Waals surface area contributed by atoms with Crippen LogP contribution < -0.4 is 11.1 Å². The number of likely N-dealkylation sites (tertiary alicyclic amines) is 1. The molecule has 1 saturated heterocycles. The molecule has 0 unspecified atom stereocenters. The summed E-state index contributed by atoms with van der Waals surface area (Å²) >= 11 is 0. The van der Waals surface area contributed by atoms with Crippen molar-refractivity contribution in [3.63, 3.8) is 0 Å². The Hall–Kier alpha value is -0.610. The van der Waals surface area contributed by atoms with Gasteiger partial charge in [-0.15, -0.1) is 0 Å². The van der Waals surface area contributed by atoms with E-state index in [0.29, 0.717) is 12.5 Å². The smallest absolute Gasteiger partial charge is 0.226 e. The normalized spacial score (nSPS) is 19.3. The molecule has 3 N–H and O–H groups in total. The molecule has 0 bridgehead atoms. The Labute approximate surface area is 105 Å². The number of piperidine rings is 1. The summed E-state index contributed by atoms with van der Waals surface area (Å²) in [6.07, 6.45) is 2.38. The highest BCUT2D eigenvalue weighted by atomic mass is 16.2. The van der Waals surface area contributed by atoms with Crippen LogP contribution in [-0.4, -0.2) is 43.5 Å². The zero-order chi connectivity index (χ0) is 12.9. The van der Waals surface area contributed by atoms with Crippen molar-refractivity contribution in [1.82, 2.24) is 10.2 Å². The van der Waals surface area contributed by atoms with E-state index in [1.807, 2.05) is 13.8 Å². The van der Waals surface area contributed by atoms with Gasteiger partial charge in [0, 0.05) is 13.1 Å². The van der Waals surface area contributed by atoms with E-state index in [-0.39, 0.29) is 5.91 Å². The second-order valence-electron chi connectivity index (χ2n) is 5.68. The average Bonchev–Trinajstić information content (AvgIpc) is 2.36. The lowest BCUT2D eigenvalue weighted by Gasteiger charge is -2.31. The molecule has 4 heteroatoms. The number of rotatable bonds is 5. The first-order valence-electron chi connectivity index (χ1n) is 6.70. The summed E-state index contributed by atoms with van der Waals surface area (Å²) in [6, 6.07) is 0. The monoisotopic (exact) mass is 241 g/mol. The van der Waals surface area contributed by atoms with E-state index in [1.165, 1.54) is 12.8 Å². The number of nitrogens with zero attached hydrogens (tertiary/aromatic N) is 1. The minimum absolute atomic E-state index is 0.0814. The fourth-order valence-corrected chi connectivity index (χ4v) is 2.08. The lowest BCUT2D eigenvalue weighted by atomic mass is 9.91. The number of carbonyl (C=O) groups is 1. The lowest BCUT2D eigenvalue weighted by molar-refractivity contribution is -0.129. The molecule has 0 atom stereocenters. The fourth-order valence-electron chi connectivity index (χ4n) is 2.08. The third kappa shape index (κ3) is 4.28. The summed E-state index contributed by atoms with van der Waals surface area (Å²) in [7, 11) is 0. The third-order valence-corrected chi connectivity index (χ3v) is 3.83. The fraction of sp³-hybridized carbons (Fsp3) is 0.923. The maximum absolute atomic E-state index is 11.9. The van der Waals surface area contributed by atoms with Crippen LogP contribution in [0, 0.1) is 11.3 Å². The molecule has 1 rings (SSSR count). The molecule has 17 heavy (non-hydrogen) atoms. The summed E-state index contributed by atoms with van der Waals surface area (Å²) in [4.78, 5) is 14.3. The van der Waals surface area contributed by atoms with Crippen LogP contribution in [0.25, 0.3) is 0 Å². The van der Waals surface area contributed by atoms with E-state index in [1.54, 1.807) is 0 Å². The van der Waals surface area contributed by atoms with Crippen LogP contribution in [0.3, 0.4) is 0 Å². The predicted molar refractivity (Wildman–Crippen MR) is 70.7 cm³/mol. The number of carbonyl (C=O) groups excluding carboxylic acids is 1. The topological polar surface area (TPSA) is 58.4 Å². The molecular formula is C13H27N3O. The Kier molecular flexibility index (Phi) is 5.40. The number of hydrogen-bond donors (Lipinski definition) is 2. The number of nitrogens with two attached hydrogens (primary N) is 1. The van der Waals surface area contributed by atoms with Gasteiger partial charge in [-0.1, -0.05) is 6.92 Å². The molecule has 0 spiro atoms. The molecule has 1 aliphatic rings. The highest BCUT2D eigenvalue weighted by Gasteiger charge is 2.26. The number of amides is 1. The first kappa shape index (κ1) is 14.5. The molecule has 0 aliphatic carbocycles. The van der Waals surface area contributed by atoms with E-state index < -0.39 is 5.41 Å². The summed E-state index contributed by atoms with van der Waals surface area (Å²) in [5, 5.41) is 3.04. The van der Waals surface area contributed by atoms with Gasteiger partial charge in [-0.05, 0) is 52.2 Å². The Bertz CT molecular complexity index is 245. The van der Waals surface area contributed by atoms with Gasteiger partial charge in [-0.3, -0.25) is 4.79 Å². The second kappa shape index (κ2) is 6.36. The maximum Gasteiger partial charge on any atom is 0.226 e. The molecule has 0 aromatic heterocycles. The maximum atomic E-state index is 11.9. The Morgan fingerprint density at radius 2 is 2.00 bits per heavy atom. The van der Waals surface area contributed by atoms with Gasteiger partial charge in [0.05, 0.1) is 5.41 Å². The molecule has 1 heterocycles. The van der Waals surface area contributed by atoms with E-state index in [0.717, 1.165) is 26.2 Å². The van der Waals surface area contributed by atoms with Crippen LogP contribution in [0.15, 0.2) is 0 Å². The highest BCUT2D eigenvalue weighted by molar-refractivity contribution is 5.81. The Balaban J connectivity index is 2.26. The van der Waals surface area contributed by atoms with Crippen LogP contribution in [0.1, 0.15) is 33.6 Å². The first-order valence-corrected chi connectivity index (χ1v) is 6.70. The summed E-state index contributed by atoms with van der Waals surface area (Å²) < 4.78 is 0. The van der Waals surface area contributed by atoms with Gasteiger partial charge in [0.1, 0.15) is 0 Å². The predicted octanol–water partition coefficient (Wildman–Crippen LogP) is 0.819. The van der Waals surface area contributed by atoms with Gasteiger partial charge in [0.15, 0.2) is 0 Å². The number of nitrogens with one attached hydrogen (secondary N) is 1. The van der Waals surface area contributed by atoms with Crippen molar-refractivity contribution in [2.75, 3.05) is 32.7 Å². The number of hydrogen-bond acceptors (Lipinski definition) is 3. The molecular weight excluding hydrogens is 214 g/mol. The minimum Gasteiger partial charge on any atom is -0.355 e. The van der Waals surface area contributed by atoms with Crippen molar-refractivity contribution in [2.24, 2.45) is 17.1 Å². The van der Waals surface area contributed by atoms with Crippen molar-refractivity contribution >= 4 is 5.91 Å². The van der Waals surface area contributed by atoms with Gasteiger partial charge in [-0.2, -0.15) is 0 Å². The Morgan fingerprint density at radius 1 is 1.41 bits per heavy atom. The van der Waals surface area contributed by atoms with Gasteiger partial charge in [-0.25, -0.2) is 0 Å². The van der Waals surface area contributed by atoms with Gasteiger partial charge in [0.2, 0.25) is 5.91 Å². The molecule has 0 aromatic rings. The van der Waals surface area contributed by atoms with Crippen LogP contribution >= 0.6 is 0 Å². The molecule has 4 nitrogen and oxygen atoms in total. The van der Waals surface area contributed by atoms with Crippen LogP contribution in [0.4, 0.5) is 0 Å². The highest BCUT2D eigenvalue weighted by Crippen LogP contribution is 2.17. The lowest BCUT2D eigenvalue weighted by Crippen LogP contribution is -2.45. The van der Waals surface area contributed by atoms with E-state index in [9.17, 15) is 4.79 Å². The van der Waals surface area contributed by atoms with E-state index in [4.69, 9.17) is 5.73 Å². The largest absolute Gasteiger partial charge is 0.355 e. The van der Waals surface area contributed by atoms with Crippen LogP contribution in [0.2, 0.25) is 0 Å². The second-order valence-corrected chi connectivity index (χ2v) is 5.68. The van der Waals surface area contributed by atoms with Crippen molar-refractivity contribution in [3.05, 3.63) is 0 Å². The average molecular weight is 241 g/mol. The third-order valence-electron chi connectivity index (χ3n) is 3.83. The van der Waals surface area contributed by atoms with Crippen molar-refractivity contribution in [3.8, 4) is 0 Å². The van der Waals surface area contributed by atoms with Gasteiger partial charge >= 0.3 is 0 Å². The van der Waals surface area contributed by atoms with E-state index >= 15 is 0 Å². The van der Waals surface area contributed by atoms with Gasteiger partial charge in [0.25, 0.3) is 0 Å². The summed E-state index contributed by atoms with van der Waals surface area (Å²) in [5.41, 5.74) is 5.14. The zero-order valence-electron chi connectivity index (χ0n) is 11.5. The van der Waals surface area contributed by atoms with Crippen molar-refractivity contribution in [2.45, 2.75) is 33.6 Å². The molecule has 0 radical (unpaired) electrons. The molecule has 1 amide bonds. The minimum atomic E-state index is -0.440. The zero-order valence-corrected chi connectivity index (χ0v) is 11.5. The Morgan fingerprint density at radius 3 is 2.47 bits per heavy atom.